The van der Waals surface area contributed by atoms with Gasteiger partial charge in [-0.3, -0.25) is 4.79 Å². The number of halogens is 1. The number of nitrogens with zero attached hydrogens (tertiary/aromatic N) is 4. The quantitative estimate of drug-likeness (QED) is 0.825. The molecule has 0 aromatic carbocycles. The van der Waals surface area contributed by atoms with Crippen LogP contribution in [0.3, 0.4) is 0 Å². The third-order valence-corrected chi connectivity index (χ3v) is 4.64. The minimum absolute atomic E-state index is 0.0449. The molecule has 0 spiro atoms. The van der Waals surface area contributed by atoms with Crippen LogP contribution in [0.5, 0.6) is 0 Å². The molecule has 0 saturated carbocycles. The van der Waals surface area contributed by atoms with Crippen molar-refractivity contribution in [3.05, 3.63) is 17.3 Å². The van der Waals surface area contributed by atoms with Crippen molar-refractivity contribution in [2.24, 2.45) is 0 Å². The lowest BCUT2D eigenvalue weighted by Crippen LogP contribution is -2.51. The van der Waals surface area contributed by atoms with Gasteiger partial charge in [0.05, 0.1) is 16.9 Å². The van der Waals surface area contributed by atoms with Crippen molar-refractivity contribution < 1.29 is 14.7 Å². The van der Waals surface area contributed by atoms with Crippen molar-refractivity contribution in [2.75, 3.05) is 43.4 Å². The van der Waals surface area contributed by atoms with Crippen molar-refractivity contribution in [1.29, 1.82) is 0 Å². The van der Waals surface area contributed by atoms with Crippen LogP contribution in [0.4, 0.5) is 16.3 Å². The van der Waals surface area contributed by atoms with E-state index in [0.717, 1.165) is 0 Å². The Kier molecular flexibility index (Phi) is 6.17. The van der Waals surface area contributed by atoms with E-state index in [0.29, 0.717) is 42.7 Å². The summed E-state index contributed by atoms with van der Waals surface area (Å²) >= 11 is 6.19. The number of carboxylic acid groups (broad SMARTS) is 1. The lowest BCUT2D eigenvalue weighted by Gasteiger charge is -2.37. The lowest BCUT2D eigenvalue weighted by atomic mass is 10.1. The zero-order valence-electron chi connectivity index (χ0n) is 15.4. The van der Waals surface area contributed by atoms with Gasteiger partial charge in [0.2, 0.25) is 5.91 Å². The smallest absolute Gasteiger partial charge is 0.407 e. The normalized spacial score (nSPS) is 15.1. The highest BCUT2D eigenvalue weighted by molar-refractivity contribution is 6.33. The van der Waals surface area contributed by atoms with Gasteiger partial charge < -0.3 is 25.5 Å². The van der Waals surface area contributed by atoms with Crippen LogP contribution in [0.25, 0.3) is 0 Å². The third kappa shape index (κ3) is 4.91. The molecule has 0 radical (unpaired) electrons. The molecule has 0 atom stereocenters. The zero-order valence-corrected chi connectivity index (χ0v) is 16.2. The Labute approximate surface area is 158 Å². The average Bonchev–Trinajstić information content (AvgIpc) is 2.53. The van der Waals surface area contributed by atoms with Crippen molar-refractivity contribution >= 4 is 35.1 Å². The predicted molar refractivity (Wildman–Crippen MR) is 102 cm³/mol. The van der Waals surface area contributed by atoms with Crippen molar-refractivity contribution in [2.45, 2.75) is 32.7 Å². The van der Waals surface area contributed by atoms with Crippen molar-refractivity contribution in [3.63, 3.8) is 0 Å². The number of nitrogens with two attached hydrogens (primary N) is 1. The summed E-state index contributed by atoms with van der Waals surface area (Å²) in [6, 6.07) is 1.66. The Morgan fingerprint density at radius 1 is 1.31 bits per heavy atom. The number of carbonyl (C=O) groups excluding carboxylic acids is 1. The van der Waals surface area contributed by atoms with E-state index in [4.69, 9.17) is 17.3 Å². The Morgan fingerprint density at radius 3 is 2.42 bits per heavy atom. The fourth-order valence-electron chi connectivity index (χ4n) is 2.93. The van der Waals surface area contributed by atoms with Crippen LogP contribution in [0.15, 0.2) is 12.3 Å². The van der Waals surface area contributed by atoms with Gasteiger partial charge in [0.1, 0.15) is 5.82 Å². The van der Waals surface area contributed by atoms with Crippen LogP contribution in [0.1, 0.15) is 27.2 Å². The summed E-state index contributed by atoms with van der Waals surface area (Å²) in [6.45, 7) is 7.95. The number of anilines is 2. The standard InChI is InChI=1S/C17H26ClN5O3/c1-17(2,3)23(16(25)26)5-4-14(24)21-6-8-22(9-7-21)15-13(18)10-12(19)11-20-15/h10-11H,4-9,19H2,1-3H3,(H,25,26). The third-order valence-electron chi connectivity index (χ3n) is 4.36. The number of rotatable bonds is 4. The molecular weight excluding hydrogens is 358 g/mol. The summed E-state index contributed by atoms with van der Waals surface area (Å²) in [6.07, 6.45) is 0.718. The van der Waals surface area contributed by atoms with Crippen LogP contribution >= 0.6 is 11.6 Å². The number of amides is 2. The van der Waals surface area contributed by atoms with Gasteiger partial charge in [-0.2, -0.15) is 0 Å². The number of pyridine rings is 1. The fraction of sp³-hybridized carbons (Fsp3) is 0.588. The van der Waals surface area contributed by atoms with Gasteiger partial charge in [-0.15, -0.1) is 0 Å². The summed E-state index contributed by atoms with van der Waals surface area (Å²) in [5.41, 5.74) is 5.63. The molecular formula is C17H26ClN5O3. The van der Waals surface area contributed by atoms with E-state index < -0.39 is 11.6 Å². The molecule has 0 aliphatic carbocycles. The first kappa shape index (κ1) is 20.1. The number of carbonyl (C=O) groups is 2. The summed E-state index contributed by atoms with van der Waals surface area (Å²) in [5, 5.41) is 9.80. The number of nitrogen functional groups attached to an aromatic ring is 1. The Morgan fingerprint density at radius 2 is 1.92 bits per heavy atom. The molecule has 2 heterocycles. The van der Waals surface area contributed by atoms with Crippen LogP contribution in [-0.4, -0.2) is 70.2 Å². The van der Waals surface area contributed by atoms with Gasteiger partial charge in [0, 0.05) is 44.7 Å². The summed E-state index contributed by atoms with van der Waals surface area (Å²) in [4.78, 5) is 33.1. The van der Waals surface area contributed by atoms with E-state index in [1.807, 2.05) is 25.7 Å². The predicted octanol–water partition coefficient (Wildman–Crippen LogP) is 2.13. The molecule has 1 saturated heterocycles. The molecule has 2 rings (SSSR count). The Bertz CT molecular complexity index is 669. The number of hydrogen-bond donors (Lipinski definition) is 2. The van der Waals surface area contributed by atoms with Crippen LogP contribution in [0, 0.1) is 0 Å². The second-order valence-electron chi connectivity index (χ2n) is 7.30. The van der Waals surface area contributed by atoms with E-state index in [1.165, 1.54) is 4.90 Å². The van der Waals surface area contributed by atoms with Gasteiger partial charge in [-0.25, -0.2) is 9.78 Å². The molecule has 1 aromatic rings. The molecule has 1 aromatic heterocycles. The molecule has 0 unspecified atom stereocenters. The van der Waals surface area contributed by atoms with Gasteiger partial charge >= 0.3 is 6.09 Å². The van der Waals surface area contributed by atoms with Crippen LogP contribution in [-0.2, 0) is 4.79 Å². The first-order chi connectivity index (χ1) is 12.1. The van der Waals surface area contributed by atoms with Crippen LogP contribution in [0.2, 0.25) is 5.02 Å². The van der Waals surface area contributed by atoms with E-state index in [9.17, 15) is 14.7 Å². The van der Waals surface area contributed by atoms with E-state index in [2.05, 4.69) is 4.98 Å². The highest BCUT2D eigenvalue weighted by atomic mass is 35.5. The molecule has 2 amide bonds. The van der Waals surface area contributed by atoms with Crippen molar-refractivity contribution in [1.82, 2.24) is 14.8 Å². The Hall–Kier alpha value is -2.22. The summed E-state index contributed by atoms with van der Waals surface area (Å²) in [7, 11) is 0. The summed E-state index contributed by atoms with van der Waals surface area (Å²) in [5.74, 6) is 0.620. The molecule has 1 fully saturated rings. The molecule has 1 aliphatic heterocycles. The highest BCUT2D eigenvalue weighted by Crippen LogP contribution is 2.26. The summed E-state index contributed by atoms with van der Waals surface area (Å²) < 4.78 is 0. The second-order valence-corrected chi connectivity index (χ2v) is 7.70. The maximum Gasteiger partial charge on any atom is 0.407 e. The first-order valence-corrected chi connectivity index (χ1v) is 8.91. The van der Waals surface area contributed by atoms with E-state index in [-0.39, 0.29) is 18.9 Å². The van der Waals surface area contributed by atoms with Crippen molar-refractivity contribution in [3.8, 4) is 0 Å². The highest BCUT2D eigenvalue weighted by Gasteiger charge is 2.28. The number of aromatic nitrogens is 1. The SMILES string of the molecule is CC(C)(C)N(CCC(=O)N1CCN(c2ncc(N)cc2Cl)CC1)C(=O)O. The second kappa shape index (κ2) is 7.99. The molecule has 144 valence electrons. The molecule has 26 heavy (non-hydrogen) atoms. The Balaban J connectivity index is 1.89. The minimum Gasteiger partial charge on any atom is -0.465 e. The molecule has 0 bridgehead atoms. The molecule has 3 N–H and O–H groups in total. The zero-order chi connectivity index (χ0) is 19.5. The number of piperazine rings is 1. The topological polar surface area (TPSA) is 103 Å². The minimum atomic E-state index is -1.01. The van der Waals surface area contributed by atoms with Gasteiger partial charge in [-0.05, 0) is 26.8 Å². The molecule has 1 aliphatic rings. The van der Waals surface area contributed by atoms with E-state index in [1.54, 1.807) is 17.2 Å². The average molecular weight is 384 g/mol. The number of hydrogen-bond acceptors (Lipinski definition) is 5. The van der Waals surface area contributed by atoms with Gasteiger partial charge in [0.15, 0.2) is 0 Å². The fourth-order valence-corrected chi connectivity index (χ4v) is 3.22. The molecule has 8 nitrogen and oxygen atoms in total. The maximum atomic E-state index is 12.4. The largest absolute Gasteiger partial charge is 0.465 e. The first-order valence-electron chi connectivity index (χ1n) is 8.54. The van der Waals surface area contributed by atoms with Gasteiger partial charge in [-0.1, -0.05) is 11.6 Å². The van der Waals surface area contributed by atoms with Crippen LogP contribution < -0.4 is 10.6 Å². The molecule has 9 heteroatoms. The van der Waals surface area contributed by atoms with Gasteiger partial charge in [0.25, 0.3) is 0 Å². The lowest BCUT2D eigenvalue weighted by molar-refractivity contribution is -0.131. The monoisotopic (exact) mass is 383 g/mol. The maximum absolute atomic E-state index is 12.4. The van der Waals surface area contributed by atoms with E-state index >= 15 is 0 Å².